The second-order valence-electron chi connectivity index (χ2n) is 14.3. The molecule has 0 bridgehead atoms. The molecule has 2 fully saturated rings. The number of nitrogens with one attached hydrogen (secondary N) is 4. The van der Waals surface area contributed by atoms with Gasteiger partial charge in [0.1, 0.15) is 17.7 Å². The second-order valence-corrected chi connectivity index (χ2v) is 14.3. The van der Waals surface area contributed by atoms with Gasteiger partial charge in [0.25, 0.3) is 5.91 Å². The Hall–Kier alpha value is -5.80. The van der Waals surface area contributed by atoms with Crippen LogP contribution in [0.4, 0.5) is 9.59 Å². The molecule has 1 aromatic carbocycles. The van der Waals surface area contributed by atoms with Crippen LogP contribution in [0.3, 0.4) is 0 Å². The van der Waals surface area contributed by atoms with E-state index in [1.165, 1.54) is 14.2 Å². The summed E-state index contributed by atoms with van der Waals surface area (Å²) in [7, 11) is 2.75. The van der Waals surface area contributed by atoms with Gasteiger partial charge in [0.15, 0.2) is 11.9 Å². The molecule has 0 aliphatic carbocycles. The molecule has 4 amide bonds. The molecule has 4 aromatic rings. The van der Waals surface area contributed by atoms with Crippen LogP contribution in [-0.4, -0.2) is 103 Å². The number of carbonyl (C=O) groups excluding carboxylic acids is 4. The van der Waals surface area contributed by atoms with Gasteiger partial charge in [0.2, 0.25) is 5.91 Å². The van der Waals surface area contributed by atoms with Crippen molar-refractivity contribution in [2.24, 2.45) is 11.8 Å². The molecule has 286 valence electrons. The maximum absolute atomic E-state index is 13.5. The fraction of sp³-hybridized carbons (Fsp3) is 0.474. The van der Waals surface area contributed by atoms with Crippen LogP contribution in [0.1, 0.15) is 77.1 Å². The molecule has 0 unspecified atom stereocenters. The molecule has 5 heterocycles. The Morgan fingerprint density at radius 3 is 1.78 bits per heavy atom. The van der Waals surface area contributed by atoms with E-state index in [2.05, 4.69) is 40.5 Å². The van der Waals surface area contributed by atoms with Crippen LogP contribution >= 0.6 is 0 Å². The third-order valence-corrected chi connectivity index (χ3v) is 9.99. The Kier molecular flexibility index (Phi) is 11.6. The van der Waals surface area contributed by atoms with Crippen molar-refractivity contribution >= 4 is 24.0 Å². The van der Waals surface area contributed by atoms with Crippen molar-refractivity contribution in [1.29, 1.82) is 0 Å². The van der Waals surface area contributed by atoms with E-state index < -0.39 is 24.3 Å². The minimum Gasteiger partial charge on any atom is -0.453 e. The zero-order chi connectivity index (χ0) is 38.5. The summed E-state index contributed by atoms with van der Waals surface area (Å²) in [6, 6.07) is 6.63. The van der Waals surface area contributed by atoms with Gasteiger partial charge < -0.3 is 39.9 Å². The van der Waals surface area contributed by atoms with Crippen LogP contribution < -0.4 is 10.6 Å². The van der Waals surface area contributed by atoms with Gasteiger partial charge in [-0.05, 0) is 43.1 Å². The van der Waals surface area contributed by atoms with Gasteiger partial charge in [-0.15, -0.1) is 0 Å². The highest BCUT2D eigenvalue weighted by atomic mass is 16.6. The largest absolute Gasteiger partial charge is 0.453 e. The minimum absolute atomic E-state index is 0.115. The van der Waals surface area contributed by atoms with E-state index in [-0.39, 0.29) is 35.7 Å². The highest BCUT2D eigenvalue weighted by molar-refractivity contribution is 5.86. The highest BCUT2D eigenvalue weighted by Crippen LogP contribution is 2.35. The molecule has 2 aliphatic rings. The number of H-pyrrole nitrogens is 2. The number of nitrogens with zero attached hydrogens (tertiary/aromatic N) is 6. The summed E-state index contributed by atoms with van der Waals surface area (Å²) in [6.07, 6.45) is 7.93. The van der Waals surface area contributed by atoms with E-state index in [0.717, 1.165) is 53.8 Å². The summed E-state index contributed by atoms with van der Waals surface area (Å²) >= 11 is 0. The third kappa shape index (κ3) is 8.06. The van der Waals surface area contributed by atoms with E-state index in [4.69, 9.17) is 9.47 Å². The Bertz CT molecular complexity index is 1800. The van der Waals surface area contributed by atoms with E-state index in [1.54, 1.807) is 34.6 Å². The number of hydrogen-bond donors (Lipinski definition) is 4. The van der Waals surface area contributed by atoms with Crippen LogP contribution in [0.15, 0.2) is 49.1 Å². The number of carbonyl (C=O) groups is 4. The summed E-state index contributed by atoms with van der Waals surface area (Å²) in [6.45, 7) is 8.61. The van der Waals surface area contributed by atoms with Crippen molar-refractivity contribution in [3.8, 4) is 33.9 Å². The minimum atomic E-state index is -0.894. The number of hydrogen-bond acceptors (Lipinski definition) is 10. The number of ether oxygens (including phenoxy) is 2. The summed E-state index contributed by atoms with van der Waals surface area (Å²) in [5.74, 6) is 1.21. The number of aromatic amines is 2. The topological polar surface area (TPSA) is 200 Å². The number of methoxy groups -OCH3 is 1. The zero-order valence-corrected chi connectivity index (χ0v) is 31.5. The van der Waals surface area contributed by atoms with Crippen LogP contribution in [0.25, 0.3) is 33.9 Å². The number of aromatic nitrogens is 6. The fourth-order valence-electron chi connectivity index (χ4n) is 7.04. The van der Waals surface area contributed by atoms with Gasteiger partial charge in [-0.1, -0.05) is 52.0 Å². The number of benzene rings is 1. The molecule has 0 radical (unpaired) electrons. The molecule has 16 nitrogen and oxygen atoms in total. The van der Waals surface area contributed by atoms with Gasteiger partial charge in [0, 0.05) is 43.7 Å². The monoisotopic (exact) mass is 740 g/mol. The Morgan fingerprint density at radius 1 is 0.722 bits per heavy atom. The first-order valence-electron chi connectivity index (χ1n) is 18.4. The average Bonchev–Trinajstić information content (AvgIpc) is 4.02. The lowest BCUT2D eigenvalue weighted by Crippen LogP contribution is -2.51. The van der Waals surface area contributed by atoms with Crippen molar-refractivity contribution in [2.75, 3.05) is 27.2 Å². The summed E-state index contributed by atoms with van der Waals surface area (Å²) < 4.78 is 10.2. The molecular formula is C38H48N10O6. The van der Waals surface area contributed by atoms with Crippen LogP contribution in [0, 0.1) is 11.8 Å². The second kappa shape index (κ2) is 16.5. The van der Waals surface area contributed by atoms with Crippen molar-refractivity contribution in [3.05, 3.63) is 60.7 Å². The standard InChI is InChI=1S/C38H48N10O6/c1-21(2)30(46-38(52)53-6)35(49)47-15-7-9-28(47)33-42-19-26(44-33)23-11-13-24(14-12-23)32-40-17-25(18-41-32)27-20-43-34(45-27)29-10-8-16-48(29)36(50)31(22(3)4)54-37(51)39-5/h11-14,17-22,28-31H,7-10,15-16H2,1-6H3,(H,39,51)(H,42,44)(H,43,45)(H,46,52)/t28-,29-,30-,31-/m0/s1. The fourth-order valence-corrected chi connectivity index (χ4v) is 7.04. The zero-order valence-electron chi connectivity index (χ0n) is 31.5. The first kappa shape index (κ1) is 37.9. The Labute approximate surface area is 313 Å². The van der Waals surface area contributed by atoms with Crippen LogP contribution in [0.5, 0.6) is 0 Å². The van der Waals surface area contributed by atoms with E-state index in [0.29, 0.717) is 30.6 Å². The summed E-state index contributed by atoms with van der Waals surface area (Å²) in [5, 5.41) is 5.10. The molecule has 2 saturated heterocycles. The van der Waals surface area contributed by atoms with Crippen molar-refractivity contribution in [2.45, 2.75) is 77.6 Å². The molecule has 2 aliphatic heterocycles. The van der Waals surface area contributed by atoms with E-state index in [9.17, 15) is 19.2 Å². The quantitative estimate of drug-likeness (QED) is 0.162. The molecule has 0 spiro atoms. The number of likely N-dealkylation sites (tertiary alicyclic amines) is 2. The molecule has 4 atom stereocenters. The molecule has 4 N–H and O–H groups in total. The van der Waals surface area contributed by atoms with Gasteiger partial charge >= 0.3 is 12.2 Å². The molecule has 3 aromatic heterocycles. The van der Waals surface area contributed by atoms with Gasteiger partial charge in [-0.2, -0.15) is 0 Å². The molecule has 54 heavy (non-hydrogen) atoms. The first-order valence-corrected chi connectivity index (χ1v) is 18.4. The van der Waals surface area contributed by atoms with Gasteiger partial charge in [-0.3, -0.25) is 9.59 Å². The van der Waals surface area contributed by atoms with Gasteiger partial charge in [-0.25, -0.2) is 29.5 Å². The lowest BCUT2D eigenvalue weighted by Gasteiger charge is -2.30. The number of imidazole rings is 2. The lowest BCUT2D eigenvalue weighted by molar-refractivity contribution is -0.143. The van der Waals surface area contributed by atoms with E-state index >= 15 is 0 Å². The first-order chi connectivity index (χ1) is 26.0. The number of rotatable bonds is 11. The maximum atomic E-state index is 13.5. The van der Waals surface area contributed by atoms with Crippen LogP contribution in [0.2, 0.25) is 0 Å². The summed E-state index contributed by atoms with van der Waals surface area (Å²) in [4.78, 5) is 79.6. The Balaban J connectivity index is 1.11. The average molecular weight is 741 g/mol. The number of alkyl carbamates (subject to hydrolysis) is 2. The predicted octanol–water partition coefficient (Wildman–Crippen LogP) is 5.01. The number of amides is 4. The lowest BCUT2D eigenvalue weighted by atomic mass is 10.0. The smallest absolute Gasteiger partial charge is 0.407 e. The van der Waals surface area contributed by atoms with Crippen LogP contribution in [-0.2, 0) is 19.1 Å². The third-order valence-electron chi connectivity index (χ3n) is 9.99. The Morgan fingerprint density at radius 2 is 1.26 bits per heavy atom. The molecule has 6 rings (SSSR count). The summed E-state index contributed by atoms with van der Waals surface area (Å²) in [5.41, 5.74) is 4.04. The SMILES string of the molecule is CNC(=O)O[C@H](C(=O)N1CCC[C@H]1c1ncc(-c2cnc(-c3ccc(-c4cnc([C@@H]5CCCN5C(=O)[C@@H](NC(=O)OC)C(C)C)[nH]4)cc3)nc2)[nH]1)C(C)C. The molecule has 16 heteroatoms. The highest BCUT2D eigenvalue weighted by Gasteiger charge is 2.39. The molecular weight excluding hydrogens is 692 g/mol. The predicted molar refractivity (Wildman–Crippen MR) is 198 cm³/mol. The van der Waals surface area contributed by atoms with Gasteiger partial charge in [0.05, 0.1) is 43.0 Å². The van der Waals surface area contributed by atoms with Crippen molar-refractivity contribution < 1.29 is 28.7 Å². The van der Waals surface area contributed by atoms with Crippen molar-refractivity contribution in [3.63, 3.8) is 0 Å². The van der Waals surface area contributed by atoms with E-state index in [1.807, 2.05) is 52.0 Å². The normalized spacial score (nSPS) is 18.1. The van der Waals surface area contributed by atoms with Crippen molar-refractivity contribution in [1.82, 2.24) is 50.3 Å². The molecule has 0 saturated carbocycles. The maximum Gasteiger partial charge on any atom is 0.407 e.